The van der Waals surface area contributed by atoms with Crippen molar-refractivity contribution in [2.45, 2.75) is 65.3 Å². The van der Waals surface area contributed by atoms with Gasteiger partial charge in [0.15, 0.2) is 0 Å². The lowest BCUT2D eigenvalue weighted by Gasteiger charge is -2.31. The monoisotopic (exact) mass is 499 g/mol. The molecule has 1 unspecified atom stereocenters. The quantitative estimate of drug-likeness (QED) is 0.291. The fourth-order valence-corrected chi connectivity index (χ4v) is 4.56. The first-order valence-corrected chi connectivity index (χ1v) is 13.3. The third-order valence-electron chi connectivity index (χ3n) is 6.77. The van der Waals surface area contributed by atoms with E-state index in [1.54, 1.807) is 4.90 Å². The second-order valence-corrected chi connectivity index (χ2v) is 10.2. The minimum Gasteiger partial charge on any atom is -0.356 e. The van der Waals surface area contributed by atoms with E-state index in [0.29, 0.717) is 13.1 Å². The molecule has 5 nitrogen and oxygen atoms in total. The Bertz CT molecular complexity index is 1120. The Kier molecular flexibility index (Phi) is 10.3. The van der Waals surface area contributed by atoms with Gasteiger partial charge in [0.1, 0.15) is 0 Å². The van der Waals surface area contributed by atoms with Crippen molar-refractivity contribution in [1.29, 1.82) is 0 Å². The molecule has 0 aliphatic heterocycles. The van der Waals surface area contributed by atoms with Crippen molar-refractivity contribution in [3.63, 3.8) is 0 Å². The molecule has 0 aliphatic rings. The molecular formula is C32H41N3O2. The van der Waals surface area contributed by atoms with Crippen molar-refractivity contribution < 1.29 is 9.59 Å². The molecule has 3 amide bonds. The molecule has 0 aliphatic carbocycles. The summed E-state index contributed by atoms with van der Waals surface area (Å²) in [5.41, 5.74) is 5.33. The standard InChI is InChI=1S/C32H41N3O2/c1-23(2)28-17-12-18-29(24(3)4)31(28)34-32(37)35(25(5)27-15-10-7-11-16-27)22-20-30(36)33-21-19-26-13-8-6-9-14-26/h6-18,23-25H,19-22H2,1-5H3,(H,33,36)(H,34,37). The highest BCUT2D eigenvalue weighted by Crippen LogP contribution is 2.33. The molecule has 3 rings (SSSR count). The molecule has 37 heavy (non-hydrogen) atoms. The van der Waals surface area contributed by atoms with Gasteiger partial charge in [-0.1, -0.05) is 107 Å². The summed E-state index contributed by atoms with van der Waals surface area (Å²) in [4.78, 5) is 28.2. The van der Waals surface area contributed by atoms with Gasteiger partial charge in [-0.15, -0.1) is 0 Å². The van der Waals surface area contributed by atoms with Crippen molar-refractivity contribution in [2.75, 3.05) is 18.4 Å². The van der Waals surface area contributed by atoms with E-state index in [4.69, 9.17) is 0 Å². The molecule has 196 valence electrons. The molecule has 0 spiro atoms. The summed E-state index contributed by atoms with van der Waals surface area (Å²) in [6.07, 6.45) is 1.02. The molecule has 2 N–H and O–H groups in total. The van der Waals surface area contributed by atoms with Gasteiger partial charge < -0.3 is 15.5 Å². The summed E-state index contributed by atoms with van der Waals surface area (Å²) in [7, 11) is 0. The van der Waals surface area contributed by atoms with Gasteiger partial charge in [-0.05, 0) is 47.4 Å². The number of amides is 3. The molecule has 5 heteroatoms. The summed E-state index contributed by atoms with van der Waals surface area (Å²) >= 11 is 0. The van der Waals surface area contributed by atoms with E-state index in [9.17, 15) is 9.59 Å². The molecule has 0 aromatic heterocycles. The summed E-state index contributed by atoms with van der Waals surface area (Å²) in [5.74, 6) is 0.480. The van der Waals surface area contributed by atoms with Crippen molar-refractivity contribution >= 4 is 17.6 Å². The molecule has 3 aromatic carbocycles. The minimum atomic E-state index is -0.191. The number of nitrogens with zero attached hydrogens (tertiary/aromatic N) is 1. The molecule has 0 saturated heterocycles. The number of carbonyl (C=O) groups excluding carboxylic acids is 2. The first-order chi connectivity index (χ1) is 17.8. The Labute approximate surface area is 222 Å². The predicted molar refractivity (Wildman–Crippen MR) is 153 cm³/mol. The van der Waals surface area contributed by atoms with E-state index in [1.807, 2.05) is 55.5 Å². The highest BCUT2D eigenvalue weighted by atomic mass is 16.2. The lowest BCUT2D eigenvalue weighted by Crippen LogP contribution is -2.40. The number of urea groups is 1. The smallest absolute Gasteiger partial charge is 0.322 e. The molecule has 0 radical (unpaired) electrons. The molecule has 3 aromatic rings. The Morgan fingerprint density at radius 3 is 1.89 bits per heavy atom. The van der Waals surface area contributed by atoms with Gasteiger partial charge in [0.05, 0.1) is 6.04 Å². The fraction of sp³-hybridized carbons (Fsp3) is 0.375. The van der Waals surface area contributed by atoms with Crippen LogP contribution < -0.4 is 10.6 Å². The van der Waals surface area contributed by atoms with Crippen molar-refractivity contribution in [3.05, 3.63) is 101 Å². The number of rotatable bonds is 11. The van der Waals surface area contributed by atoms with Crippen LogP contribution >= 0.6 is 0 Å². The van der Waals surface area contributed by atoms with Crippen LogP contribution in [-0.4, -0.2) is 29.9 Å². The zero-order valence-electron chi connectivity index (χ0n) is 22.8. The summed E-state index contributed by atoms with van der Waals surface area (Å²) in [6, 6.07) is 25.9. The molecule has 0 bridgehead atoms. The maximum absolute atomic E-state index is 13.8. The normalized spacial score (nSPS) is 11.9. The van der Waals surface area contributed by atoms with Crippen molar-refractivity contribution in [1.82, 2.24) is 10.2 Å². The third kappa shape index (κ3) is 7.94. The Hall–Kier alpha value is -3.60. The van der Waals surface area contributed by atoms with Gasteiger partial charge >= 0.3 is 6.03 Å². The first kappa shape index (κ1) is 28.0. The molecule has 1 atom stereocenters. The highest BCUT2D eigenvalue weighted by molar-refractivity contribution is 5.92. The van der Waals surface area contributed by atoms with E-state index in [1.165, 1.54) is 5.56 Å². The summed E-state index contributed by atoms with van der Waals surface area (Å²) < 4.78 is 0. The van der Waals surface area contributed by atoms with Crippen molar-refractivity contribution in [2.24, 2.45) is 0 Å². The molecule has 0 fully saturated rings. The number of benzene rings is 3. The van der Waals surface area contributed by atoms with E-state index in [2.05, 4.69) is 68.7 Å². The van der Waals surface area contributed by atoms with Gasteiger partial charge in [0.25, 0.3) is 0 Å². The number of para-hydroxylation sites is 1. The Morgan fingerprint density at radius 2 is 1.32 bits per heavy atom. The highest BCUT2D eigenvalue weighted by Gasteiger charge is 2.25. The largest absolute Gasteiger partial charge is 0.356 e. The maximum atomic E-state index is 13.8. The zero-order valence-corrected chi connectivity index (χ0v) is 22.8. The Balaban J connectivity index is 1.75. The van der Waals surface area contributed by atoms with Gasteiger partial charge in [-0.3, -0.25) is 4.79 Å². The third-order valence-corrected chi connectivity index (χ3v) is 6.77. The van der Waals surface area contributed by atoms with Crippen LogP contribution in [0.4, 0.5) is 10.5 Å². The van der Waals surface area contributed by atoms with Crippen LogP contribution in [0.15, 0.2) is 78.9 Å². The van der Waals surface area contributed by atoms with Gasteiger partial charge in [-0.2, -0.15) is 0 Å². The second-order valence-electron chi connectivity index (χ2n) is 10.2. The molecular weight excluding hydrogens is 458 g/mol. The van der Waals surface area contributed by atoms with E-state index in [-0.39, 0.29) is 36.2 Å². The van der Waals surface area contributed by atoms with Crippen LogP contribution in [0.1, 0.15) is 81.2 Å². The number of hydrogen-bond acceptors (Lipinski definition) is 2. The maximum Gasteiger partial charge on any atom is 0.322 e. The average molecular weight is 500 g/mol. The molecule has 0 saturated carbocycles. The SMILES string of the molecule is CC(C)c1cccc(C(C)C)c1NC(=O)N(CCC(=O)NCCc1ccccc1)C(C)c1ccccc1. The van der Waals surface area contributed by atoms with E-state index < -0.39 is 0 Å². The molecule has 0 heterocycles. The van der Waals surface area contributed by atoms with Gasteiger partial charge in [0, 0.05) is 25.2 Å². The summed E-state index contributed by atoms with van der Waals surface area (Å²) in [6.45, 7) is 11.5. The average Bonchev–Trinajstić information content (AvgIpc) is 2.89. The van der Waals surface area contributed by atoms with Crippen LogP contribution in [0.2, 0.25) is 0 Å². The number of hydrogen-bond donors (Lipinski definition) is 2. The number of nitrogens with one attached hydrogen (secondary N) is 2. The lowest BCUT2D eigenvalue weighted by molar-refractivity contribution is -0.121. The van der Waals surface area contributed by atoms with Crippen LogP contribution in [0, 0.1) is 0 Å². The number of anilines is 1. The van der Waals surface area contributed by atoms with Crippen molar-refractivity contribution in [3.8, 4) is 0 Å². The van der Waals surface area contributed by atoms with Gasteiger partial charge in [0.2, 0.25) is 5.91 Å². The van der Waals surface area contributed by atoms with Gasteiger partial charge in [-0.25, -0.2) is 4.79 Å². The second kappa shape index (κ2) is 13.6. The van der Waals surface area contributed by atoms with E-state index >= 15 is 0 Å². The minimum absolute atomic E-state index is 0.0561. The Morgan fingerprint density at radius 1 is 0.757 bits per heavy atom. The lowest BCUT2D eigenvalue weighted by atomic mass is 9.92. The van der Waals surface area contributed by atoms with Crippen LogP contribution in [0.3, 0.4) is 0 Å². The van der Waals surface area contributed by atoms with Crippen LogP contribution in [-0.2, 0) is 11.2 Å². The fourth-order valence-electron chi connectivity index (χ4n) is 4.56. The number of carbonyl (C=O) groups is 2. The van der Waals surface area contributed by atoms with Crippen LogP contribution in [0.5, 0.6) is 0 Å². The van der Waals surface area contributed by atoms with Crippen LogP contribution in [0.25, 0.3) is 0 Å². The first-order valence-electron chi connectivity index (χ1n) is 13.3. The predicted octanol–water partition coefficient (Wildman–Crippen LogP) is 7.28. The topological polar surface area (TPSA) is 61.4 Å². The summed E-state index contributed by atoms with van der Waals surface area (Å²) in [5, 5.41) is 6.24. The van der Waals surface area contributed by atoms with E-state index in [0.717, 1.165) is 28.8 Å². The zero-order chi connectivity index (χ0) is 26.8.